The molecule has 0 aromatic carbocycles. The van der Waals surface area contributed by atoms with E-state index in [2.05, 4.69) is 55.6 Å². The predicted molar refractivity (Wildman–Crippen MR) is 296 cm³/mol. The molecule has 2 unspecified atom stereocenters. The lowest BCUT2D eigenvalue weighted by molar-refractivity contribution is -0.143. The lowest BCUT2D eigenvalue weighted by Crippen LogP contribution is -2.45. The van der Waals surface area contributed by atoms with Gasteiger partial charge in [-0.15, -0.1) is 0 Å². The monoisotopic (exact) mass is 956 g/mol. The highest BCUT2D eigenvalue weighted by Gasteiger charge is 2.20. The molecule has 68 heavy (non-hydrogen) atoms. The Balaban J connectivity index is 3.48. The van der Waals surface area contributed by atoms with Gasteiger partial charge in [0.2, 0.25) is 5.91 Å². The van der Waals surface area contributed by atoms with Crippen molar-refractivity contribution in [1.82, 2.24) is 5.32 Å². The van der Waals surface area contributed by atoms with Crippen molar-refractivity contribution >= 4 is 11.9 Å². The molecule has 0 bridgehead atoms. The number of allylic oxidation sites excluding steroid dienone is 6. The maximum Gasteiger partial charge on any atom is 0.305 e. The Labute approximate surface area is 424 Å². The molecule has 1 amide bonds. The van der Waals surface area contributed by atoms with Gasteiger partial charge >= 0.3 is 5.97 Å². The fourth-order valence-electron chi connectivity index (χ4n) is 9.25. The Morgan fingerprint density at radius 2 is 0.735 bits per heavy atom. The molecule has 0 aliphatic heterocycles. The van der Waals surface area contributed by atoms with Gasteiger partial charge in [0, 0.05) is 12.8 Å². The number of unbranched alkanes of at least 4 members (excludes halogenated alkanes) is 39. The second-order valence-electron chi connectivity index (χ2n) is 20.7. The van der Waals surface area contributed by atoms with Crippen molar-refractivity contribution in [2.24, 2.45) is 0 Å². The molecule has 0 spiro atoms. The Kier molecular flexibility index (Phi) is 56.0. The largest absolute Gasteiger partial charge is 0.466 e. The number of amides is 1. The number of rotatable bonds is 56. The van der Waals surface area contributed by atoms with Crippen LogP contribution in [-0.2, 0) is 14.3 Å². The van der Waals surface area contributed by atoms with Crippen LogP contribution in [0.1, 0.15) is 322 Å². The fraction of sp³-hybridized carbons (Fsp3) is 0.871. The van der Waals surface area contributed by atoms with Gasteiger partial charge in [0.05, 0.1) is 25.4 Å². The predicted octanol–water partition coefficient (Wildman–Crippen LogP) is 18.8. The minimum absolute atomic E-state index is 0.0232. The maximum absolute atomic E-state index is 12.5. The summed E-state index contributed by atoms with van der Waals surface area (Å²) in [5.41, 5.74) is 0. The van der Waals surface area contributed by atoms with E-state index in [1.165, 1.54) is 212 Å². The third kappa shape index (κ3) is 53.4. The highest BCUT2D eigenvalue weighted by Crippen LogP contribution is 2.17. The molecule has 400 valence electrons. The first-order valence-electron chi connectivity index (χ1n) is 30.2. The summed E-state index contributed by atoms with van der Waals surface area (Å²) in [7, 11) is 0. The van der Waals surface area contributed by atoms with Crippen molar-refractivity contribution in [3.8, 4) is 0 Å². The number of hydrogen-bond donors (Lipinski definition) is 3. The molecule has 0 saturated carbocycles. The summed E-state index contributed by atoms with van der Waals surface area (Å²) in [6, 6.07) is -0.555. The summed E-state index contributed by atoms with van der Waals surface area (Å²) in [6.45, 7) is 4.91. The van der Waals surface area contributed by atoms with Gasteiger partial charge in [-0.1, -0.05) is 262 Å². The molecular weight excluding hydrogens is 839 g/mol. The summed E-state index contributed by atoms with van der Waals surface area (Å²) in [5.74, 6) is -0.0718. The lowest BCUT2D eigenvalue weighted by atomic mass is 10.0. The van der Waals surface area contributed by atoms with E-state index in [9.17, 15) is 19.8 Å². The molecule has 0 aromatic heterocycles. The summed E-state index contributed by atoms with van der Waals surface area (Å²) in [6.07, 6.45) is 71.4. The Morgan fingerprint density at radius 1 is 0.412 bits per heavy atom. The van der Waals surface area contributed by atoms with Crippen molar-refractivity contribution in [2.45, 2.75) is 334 Å². The molecule has 2 atom stereocenters. The smallest absolute Gasteiger partial charge is 0.305 e. The minimum atomic E-state index is -0.676. The number of hydrogen-bond acceptors (Lipinski definition) is 5. The van der Waals surface area contributed by atoms with Crippen LogP contribution in [0.3, 0.4) is 0 Å². The van der Waals surface area contributed by atoms with E-state index >= 15 is 0 Å². The van der Waals surface area contributed by atoms with Crippen LogP contribution in [0.2, 0.25) is 0 Å². The van der Waals surface area contributed by atoms with E-state index in [1.54, 1.807) is 0 Å². The minimum Gasteiger partial charge on any atom is -0.466 e. The average Bonchev–Trinajstić information content (AvgIpc) is 3.34. The molecule has 0 aliphatic carbocycles. The van der Waals surface area contributed by atoms with Crippen LogP contribution in [0.15, 0.2) is 36.5 Å². The molecule has 0 heterocycles. The van der Waals surface area contributed by atoms with Crippen molar-refractivity contribution in [2.75, 3.05) is 13.2 Å². The van der Waals surface area contributed by atoms with Gasteiger partial charge in [0.1, 0.15) is 0 Å². The van der Waals surface area contributed by atoms with Gasteiger partial charge in [0.25, 0.3) is 0 Å². The van der Waals surface area contributed by atoms with Crippen LogP contribution < -0.4 is 5.32 Å². The zero-order valence-electron chi connectivity index (χ0n) is 45.6. The molecule has 0 rings (SSSR count). The number of ether oxygens (including phenoxy) is 1. The van der Waals surface area contributed by atoms with Crippen LogP contribution in [-0.4, -0.2) is 47.4 Å². The van der Waals surface area contributed by atoms with Crippen LogP contribution in [0.5, 0.6) is 0 Å². The van der Waals surface area contributed by atoms with Crippen molar-refractivity contribution in [3.05, 3.63) is 36.5 Å². The van der Waals surface area contributed by atoms with Crippen LogP contribution in [0.25, 0.3) is 0 Å². The number of carbonyl (C=O) groups is 2. The Hall–Kier alpha value is -1.92. The van der Waals surface area contributed by atoms with E-state index in [0.29, 0.717) is 25.9 Å². The van der Waals surface area contributed by atoms with Gasteiger partial charge in [-0.2, -0.15) is 0 Å². The topological polar surface area (TPSA) is 95.9 Å². The molecule has 0 aromatic rings. The number of carbonyl (C=O) groups excluding carboxylic acids is 2. The molecule has 0 aliphatic rings. The van der Waals surface area contributed by atoms with Gasteiger partial charge in [-0.05, 0) is 83.5 Å². The first-order chi connectivity index (χ1) is 33.5. The third-order valence-corrected chi connectivity index (χ3v) is 13.9. The molecule has 6 nitrogen and oxygen atoms in total. The van der Waals surface area contributed by atoms with Crippen molar-refractivity contribution in [1.29, 1.82) is 0 Å². The van der Waals surface area contributed by atoms with Crippen molar-refractivity contribution in [3.63, 3.8) is 0 Å². The number of aliphatic hydroxyl groups is 2. The maximum atomic E-state index is 12.5. The summed E-state index contributed by atoms with van der Waals surface area (Å²) >= 11 is 0. The highest BCUT2D eigenvalue weighted by molar-refractivity contribution is 5.76. The second-order valence-corrected chi connectivity index (χ2v) is 20.7. The first kappa shape index (κ1) is 66.1. The zero-order chi connectivity index (χ0) is 49.3. The molecule has 0 fully saturated rings. The van der Waals surface area contributed by atoms with Crippen LogP contribution in [0.4, 0.5) is 0 Å². The molecule has 0 radical (unpaired) electrons. The van der Waals surface area contributed by atoms with Gasteiger partial charge in [-0.3, -0.25) is 9.59 Å². The van der Waals surface area contributed by atoms with E-state index in [1.807, 2.05) is 0 Å². The highest BCUT2D eigenvalue weighted by atomic mass is 16.5. The van der Waals surface area contributed by atoms with Crippen LogP contribution in [0, 0.1) is 0 Å². The van der Waals surface area contributed by atoms with E-state index in [0.717, 1.165) is 77.0 Å². The molecule has 0 saturated heterocycles. The number of aliphatic hydroxyl groups excluding tert-OH is 2. The summed E-state index contributed by atoms with van der Waals surface area (Å²) < 4.78 is 5.46. The normalized spacial score (nSPS) is 12.8. The number of esters is 1. The first-order valence-corrected chi connectivity index (χ1v) is 30.2. The van der Waals surface area contributed by atoms with Crippen LogP contribution >= 0.6 is 0 Å². The SMILES string of the molecule is CCCCCC/C=C\C/C=C\CCCCCCCC(=O)OCCCCCC/C=C\CCCCCCCCCC(=O)NC(CO)C(O)CCCCCCCCCCCCCCCCCCCCCC. The average molecular weight is 957 g/mol. The van der Waals surface area contributed by atoms with Crippen molar-refractivity contribution < 1.29 is 24.5 Å². The molecular formula is C62H117NO5. The van der Waals surface area contributed by atoms with E-state index in [-0.39, 0.29) is 18.5 Å². The Morgan fingerprint density at radius 3 is 1.15 bits per heavy atom. The molecule has 3 N–H and O–H groups in total. The Bertz CT molecular complexity index is 1100. The lowest BCUT2D eigenvalue weighted by Gasteiger charge is -2.22. The van der Waals surface area contributed by atoms with Gasteiger partial charge in [0.15, 0.2) is 0 Å². The van der Waals surface area contributed by atoms with E-state index < -0.39 is 12.1 Å². The standard InChI is InChI=1S/C62H117NO5/c1-3-5-7-9-11-13-15-17-19-21-22-23-24-26-30-34-38-42-46-50-54-60(65)59(58-64)63-61(66)55-51-47-43-39-35-31-27-25-29-33-37-41-45-49-53-57-68-62(67)56-52-48-44-40-36-32-28-20-18-16-14-12-10-8-6-4-2/h14,16,20,28-29,33,59-60,64-65H,3-13,15,17-19,21-27,30-32,34-58H2,1-2H3,(H,63,66)/b16-14-,28-20-,33-29-. The fourth-order valence-corrected chi connectivity index (χ4v) is 9.25. The zero-order valence-corrected chi connectivity index (χ0v) is 45.6. The summed E-state index contributed by atoms with van der Waals surface area (Å²) in [4.78, 5) is 24.6. The van der Waals surface area contributed by atoms with Gasteiger partial charge < -0.3 is 20.3 Å². The second kappa shape index (κ2) is 57.7. The van der Waals surface area contributed by atoms with Gasteiger partial charge in [-0.25, -0.2) is 0 Å². The molecule has 6 heteroatoms. The number of nitrogens with one attached hydrogen (secondary N) is 1. The quantitative estimate of drug-likeness (QED) is 0.0321. The third-order valence-electron chi connectivity index (χ3n) is 13.9. The summed E-state index contributed by atoms with van der Waals surface area (Å²) in [5, 5.41) is 23.3. The van der Waals surface area contributed by atoms with E-state index in [4.69, 9.17) is 4.74 Å².